The number of benzene rings is 1. The first-order valence-electron chi connectivity index (χ1n) is 6.13. The molecule has 6 nitrogen and oxygen atoms in total. The smallest absolute Gasteiger partial charge is 0.324 e. The second kappa shape index (κ2) is 5.02. The summed E-state index contributed by atoms with van der Waals surface area (Å²) < 4.78 is 5.30. The first-order valence-corrected chi connectivity index (χ1v) is 6.95. The Morgan fingerprint density at radius 2 is 2.05 bits per heavy atom. The van der Waals surface area contributed by atoms with Crippen molar-refractivity contribution in [2.24, 2.45) is 0 Å². The molecule has 0 fully saturated rings. The van der Waals surface area contributed by atoms with Crippen LogP contribution in [0.5, 0.6) is 0 Å². The number of aromatic nitrogens is 1. The average Bonchev–Trinajstić information content (AvgIpc) is 3.06. The number of nitrogen functional groups attached to an aromatic ring is 1. The number of rotatable bonds is 3. The summed E-state index contributed by atoms with van der Waals surface area (Å²) in [5.41, 5.74) is 8.52. The van der Waals surface area contributed by atoms with Crippen LogP contribution in [0.25, 0.3) is 21.8 Å². The van der Waals surface area contributed by atoms with Gasteiger partial charge in [-0.3, -0.25) is 10.1 Å². The van der Waals surface area contributed by atoms with Crippen molar-refractivity contribution in [3.63, 3.8) is 0 Å². The largest absolute Gasteiger partial charge is 0.380 e. The zero-order valence-corrected chi connectivity index (χ0v) is 11.9. The SMILES string of the molecule is Cc1ccccc1-c1c(N)noc1-c1ccc([N+](=O)[O-])s1. The number of nitrogens with zero attached hydrogens (tertiary/aromatic N) is 2. The molecule has 0 bridgehead atoms. The third-order valence-corrected chi connectivity index (χ3v) is 4.16. The highest BCUT2D eigenvalue weighted by molar-refractivity contribution is 7.18. The van der Waals surface area contributed by atoms with Crippen molar-refractivity contribution in [1.82, 2.24) is 5.16 Å². The molecule has 0 saturated heterocycles. The van der Waals surface area contributed by atoms with Gasteiger partial charge in [0.1, 0.15) is 0 Å². The second-order valence-electron chi connectivity index (χ2n) is 4.48. The molecule has 0 aliphatic carbocycles. The van der Waals surface area contributed by atoms with Crippen molar-refractivity contribution < 1.29 is 9.45 Å². The van der Waals surface area contributed by atoms with Crippen LogP contribution in [0.1, 0.15) is 5.56 Å². The van der Waals surface area contributed by atoms with Gasteiger partial charge in [-0.05, 0) is 24.1 Å². The van der Waals surface area contributed by atoms with Gasteiger partial charge in [-0.25, -0.2) is 0 Å². The van der Waals surface area contributed by atoms with Gasteiger partial charge in [0.2, 0.25) is 0 Å². The molecule has 2 aromatic heterocycles. The highest BCUT2D eigenvalue weighted by atomic mass is 32.1. The van der Waals surface area contributed by atoms with Crippen LogP contribution >= 0.6 is 11.3 Å². The molecule has 0 amide bonds. The molecule has 7 heteroatoms. The summed E-state index contributed by atoms with van der Waals surface area (Å²) in [6, 6.07) is 10.8. The standard InChI is InChI=1S/C14H11N3O3S/c1-8-4-2-3-5-9(8)12-13(20-16-14(12)15)10-6-7-11(21-10)17(18)19/h2-7H,1H3,(H2,15,16). The normalized spacial score (nSPS) is 10.7. The Balaban J connectivity index is 2.17. The van der Waals surface area contributed by atoms with Crippen molar-refractivity contribution in [3.8, 4) is 21.8 Å². The zero-order chi connectivity index (χ0) is 15.0. The Bertz CT molecular complexity index is 822. The summed E-state index contributed by atoms with van der Waals surface area (Å²) in [5.74, 6) is 0.732. The van der Waals surface area contributed by atoms with Crippen molar-refractivity contribution >= 4 is 22.2 Å². The highest BCUT2D eigenvalue weighted by Gasteiger charge is 2.22. The molecule has 3 rings (SSSR count). The van der Waals surface area contributed by atoms with Crippen molar-refractivity contribution in [3.05, 3.63) is 52.1 Å². The van der Waals surface area contributed by atoms with E-state index in [1.165, 1.54) is 6.07 Å². The molecule has 0 spiro atoms. The summed E-state index contributed by atoms with van der Waals surface area (Å²) in [5, 5.41) is 14.7. The van der Waals surface area contributed by atoms with Crippen LogP contribution < -0.4 is 5.73 Å². The lowest BCUT2D eigenvalue weighted by Crippen LogP contribution is -1.90. The lowest BCUT2D eigenvalue weighted by atomic mass is 10.0. The fourth-order valence-corrected chi connectivity index (χ4v) is 2.94. The van der Waals surface area contributed by atoms with E-state index in [4.69, 9.17) is 10.3 Å². The number of aryl methyl sites for hydroxylation is 1. The van der Waals surface area contributed by atoms with Crippen LogP contribution in [0.2, 0.25) is 0 Å². The van der Waals surface area contributed by atoms with E-state index in [0.29, 0.717) is 16.2 Å². The maximum absolute atomic E-state index is 10.8. The highest BCUT2D eigenvalue weighted by Crippen LogP contribution is 2.42. The molecule has 106 valence electrons. The average molecular weight is 301 g/mol. The van der Waals surface area contributed by atoms with Crippen molar-refractivity contribution in [2.75, 3.05) is 5.73 Å². The topological polar surface area (TPSA) is 95.2 Å². The molecular formula is C14H11N3O3S. The van der Waals surface area contributed by atoms with Crippen LogP contribution in [0.15, 0.2) is 40.9 Å². The van der Waals surface area contributed by atoms with Crippen LogP contribution in [-0.2, 0) is 0 Å². The molecular weight excluding hydrogens is 290 g/mol. The summed E-state index contributed by atoms with van der Waals surface area (Å²) in [7, 11) is 0. The molecule has 3 aromatic rings. The Labute approximate surface area is 124 Å². The van der Waals surface area contributed by atoms with Gasteiger partial charge in [0.25, 0.3) is 0 Å². The van der Waals surface area contributed by atoms with Gasteiger partial charge in [0.15, 0.2) is 11.6 Å². The van der Waals surface area contributed by atoms with Gasteiger partial charge >= 0.3 is 5.00 Å². The molecule has 0 aliphatic rings. The lowest BCUT2D eigenvalue weighted by molar-refractivity contribution is -0.380. The van der Waals surface area contributed by atoms with Crippen molar-refractivity contribution in [2.45, 2.75) is 6.92 Å². The van der Waals surface area contributed by atoms with Gasteiger partial charge in [0.05, 0.1) is 15.4 Å². The van der Waals surface area contributed by atoms with E-state index in [9.17, 15) is 10.1 Å². The summed E-state index contributed by atoms with van der Waals surface area (Å²) in [6.07, 6.45) is 0. The molecule has 0 saturated carbocycles. The predicted octanol–water partition coefficient (Wildman–Crippen LogP) is 3.87. The number of hydrogen-bond acceptors (Lipinski definition) is 6. The van der Waals surface area contributed by atoms with Gasteiger partial charge in [-0.15, -0.1) is 0 Å². The molecule has 0 unspecified atom stereocenters. The first-order chi connectivity index (χ1) is 10.1. The fraction of sp³-hybridized carbons (Fsp3) is 0.0714. The minimum Gasteiger partial charge on any atom is -0.380 e. The Morgan fingerprint density at radius 1 is 1.29 bits per heavy atom. The van der Waals surface area contributed by atoms with Gasteiger partial charge in [0, 0.05) is 6.07 Å². The molecule has 2 N–H and O–H groups in total. The lowest BCUT2D eigenvalue weighted by Gasteiger charge is -2.04. The number of nitrogens with two attached hydrogens (primary N) is 1. The van der Waals surface area contributed by atoms with Crippen LogP contribution in [0.3, 0.4) is 0 Å². The maximum Gasteiger partial charge on any atom is 0.324 e. The van der Waals surface area contributed by atoms with Crippen LogP contribution in [0, 0.1) is 17.0 Å². The fourth-order valence-electron chi connectivity index (χ4n) is 2.13. The Hall–Kier alpha value is -2.67. The zero-order valence-electron chi connectivity index (χ0n) is 11.1. The minimum atomic E-state index is -0.429. The first kappa shape index (κ1) is 13.3. The predicted molar refractivity (Wildman–Crippen MR) is 81.1 cm³/mol. The monoisotopic (exact) mass is 301 g/mol. The Kier molecular flexibility index (Phi) is 3.19. The van der Waals surface area contributed by atoms with Crippen LogP contribution in [0.4, 0.5) is 10.8 Å². The second-order valence-corrected chi connectivity index (χ2v) is 5.54. The van der Waals surface area contributed by atoms with Gasteiger partial charge in [-0.1, -0.05) is 40.8 Å². The number of anilines is 1. The molecule has 1 aromatic carbocycles. The van der Waals surface area contributed by atoms with E-state index in [-0.39, 0.29) is 10.8 Å². The summed E-state index contributed by atoms with van der Waals surface area (Å²) >= 11 is 1.03. The Morgan fingerprint density at radius 3 is 2.71 bits per heavy atom. The third-order valence-electron chi connectivity index (χ3n) is 3.13. The van der Waals surface area contributed by atoms with Crippen LogP contribution in [-0.4, -0.2) is 10.1 Å². The summed E-state index contributed by atoms with van der Waals surface area (Å²) in [6.45, 7) is 1.96. The van der Waals surface area contributed by atoms with E-state index in [1.807, 2.05) is 31.2 Å². The number of thiophene rings is 1. The minimum absolute atomic E-state index is 0.0516. The quantitative estimate of drug-likeness (QED) is 0.585. The summed E-state index contributed by atoms with van der Waals surface area (Å²) in [4.78, 5) is 11.0. The van der Waals surface area contributed by atoms with E-state index >= 15 is 0 Å². The van der Waals surface area contributed by atoms with E-state index in [2.05, 4.69) is 5.16 Å². The molecule has 0 atom stereocenters. The van der Waals surface area contributed by atoms with E-state index < -0.39 is 4.92 Å². The number of hydrogen-bond donors (Lipinski definition) is 1. The maximum atomic E-state index is 10.8. The van der Waals surface area contributed by atoms with Crippen molar-refractivity contribution in [1.29, 1.82) is 0 Å². The molecule has 21 heavy (non-hydrogen) atoms. The van der Waals surface area contributed by atoms with Gasteiger partial charge < -0.3 is 10.3 Å². The molecule has 0 radical (unpaired) electrons. The van der Waals surface area contributed by atoms with Gasteiger partial charge in [-0.2, -0.15) is 0 Å². The molecule has 2 heterocycles. The third kappa shape index (κ3) is 2.27. The van der Waals surface area contributed by atoms with E-state index in [1.54, 1.807) is 6.07 Å². The van der Waals surface area contributed by atoms with E-state index in [0.717, 1.165) is 22.5 Å². The number of nitro groups is 1. The molecule has 0 aliphatic heterocycles.